The number of aromatic nitrogens is 4. The molecule has 1 atom stereocenters. The van der Waals surface area contributed by atoms with Crippen molar-refractivity contribution in [2.45, 2.75) is 31.2 Å². The van der Waals surface area contributed by atoms with Crippen LogP contribution in [0.2, 0.25) is 0 Å². The number of carbonyl (C=O) groups excluding carboxylic acids is 1. The lowest BCUT2D eigenvalue weighted by Gasteiger charge is -2.15. The van der Waals surface area contributed by atoms with Gasteiger partial charge in [-0.15, -0.1) is 0 Å². The topological polar surface area (TPSA) is 137 Å². The molecule has 11 nitrogen and oxygen atoms in total. The van der Waals surface area contributed by atoms with Crippen LogP contribution in [0.1, 0.15) is 30.8 Å². The highest BCUT2D eigenvalue weighted by Crippen LogP contribution is 2.23. The lowest BCUT2D eigenvalue weighted by Crippen LogP contribution is -2.25. The number of benzene rings is 1. The van der Waals surface area contributed by atoms with Gasteiger partial charge >= 0.3 is 6.01 Å². The number of aryl methyl sites for hydroxylation is 1. The molecule has 0 saturated carbocycles. The normalized spacial score (nSPS) is 12.3. The van der Waals surface area contributed by atoms with E-state index >= 15 is 0 Å². The summed E-state index contributed by atoms with van der Waals surface area (Å²) in [6.45, 7) is 3.08. The lowest BCUT2D eigenvalue weighted by atomic mass is 10.2. The van der Waals surface area contributed by atoms with Gasteiger partial charge in [0.1, 0.15) is 11.7 Å². The number of amides is 1. The average Bonchev–Trinajstić information content (AvgIpc) is 3.20. The summed E-state index contributed by atoms with van der Waals surface area (Å²) in [5.41, 5.74) is 0.293. The molecular weight excluding hydrogens is 474 g/mol. The molecule has 0 spiro atoms. The van der Waals surface area contributed by atoms with Crippen molar-refractivity contribution in [1.82, 2.24) is 19.7 Å². The molecule has 3 rings (SSSR count). The van der Waals surface area contributed by atoms with Gasteiger partial charge in [0.05, 0.1) is 19.1 Å². The number of ether oxygens (including phenoxy) is 2. The first-order valence-corrected chi connectivity index (χ1v) is 11.3. The van der Waals surface area contributed by atoms with E-state index in [2.05, 4.69) is 25.1 Å². The van der Waals surface area contributed by atoms with Gasteiger partial charge in [-0.2, -0.15) is 15.1 Å². The highest BCUT2D eigenvalue weighted by molar-refractivity contribution is 7.92. The Kier molecular flexibility index (Phi) is 7.29. The molecule has 34 heavy (non-hydrogen) atoms. The summed E-state index contributed by atoms with van der Waals surface area (Å²) in [6, 6.07) is 6.88. The smallest absolute Gasteiger partial charge is 0.321 e. The van der Waals surface area contributed by atoms with Crippen molar-refractivity contribution >= 4 is 27.4 Å². The molecular formula is C20H22F2N6O5S. The molecule has 1 amide bonds. The van der Waals surface area contributed by atoms with E-state index in [0.29, 0.717) is 11.4 Å². The van der Waals surface area contributed by atoms with Gasteiger partial charge in [0, 0.05) is 17.4 Å². The highest BCUT2D eigenvalue weighted by atomic mass is 32.2. The van der Waals surface area contributed by atoms with E-state index in [0.717, 1.165) is 0 Å². The van der Waals surface area contributed by atoms with E-state index in [1.165, 1.54) is 62.2 Å². The van der Waals surface area contributed by atoms with E-state index < -0.39 is 34.1 Å². The van der Waals surface area contributed by atoms with E-state index in [9.17, 15) is 22.0 Å². The average molecular weight is 496 g/mol. The molecule has 0 fully saturated rings. The number of rotatable bonds is 9. The molecule has 0 aliphatic heterocycles. The van der Waals surface area contributed by atoms with Crippen LogP contribution in [0, 0.1) is 6.92 Å². The Morgan fingerprint density at radius 1 is 1.09 bits per heavy atom. The van der Waals surface area contributed by atoms with Gasteiger partial charge in [-0.25, -0.2) is 17.2 Å². The number of nitrogens with zero attached hydrogens (tertiary/aromatic N) is 4. The largest absolute Gasteiger partial charge is 0.481 e. The molecule has 0 saturated heterocycles. The third-order valence-electron chi connectivity index (χ3n) is 4.66. The second-order valence-electron chi connectivity index (χ2n) is 7.03. The predicted molar refractivity (Wildman–Crippen MR) is 118 cm³/mol. The molecule has 2 aromatic heterocycles. The maximum Gasteiger partial charge on any atom is 0.321 e. The summed E-state index contributed by atoms with van der Waals surface area (Å²) in [5.74, 6) is -0.474. The zero-order chi connectivity index (χ0) is 25.0. The molecule has 0 aliphatic rings. The molecule has 0 bridgehead atoms. The number of anilines is 2. The number of sulfonamides is 1. The summed E-state index contributed by atoms with van der Waals surface area (Å²) in [5, 5.41) is 6.38. The van der Waals surface area contributed by atoms with Crippen LogP contribution in [0.4, 0.5) is 20.3 Å². The molecule has 2 heterocycles. The Morgan fingerprint density at radius 2 is 1.76 bits per heavy atom. The Hall–Kier alpha value is -3.81. The lowest BCUT2D eigenvalue weighted by molar-refractivity contribution is -0.119. The summed E-state index contributed by atoms with van der Waals surface area (Å²) in [4.78, 5) is 20.3. The Labute approximate surface area is 194 Å². The fourth-order valence-electron chi connectivity index (χ4n) is 2.93. The van der Waals surface area contributed by atoms with Gasteiger partial charge < -0.3 is 14.8 Å². The Bertz CT molecular complexity index is 1260. The third-order valence-corrected chi connectivity index (χ3v) is 6.03. The molecule has 0 radical (unpaired) electrons. The second kappa shape index (κ2) is 9.99. The molecule has 14 heteroatoms. The fraction of sp³-hybridized carbons (Fsp3) is 0.300. The highest BCUT2D eigenvalue weighted by Gasteiger charge is 2.22. The number of alkyl halides is 2. The zero-order valence-electron chi connectivity index (χ0n) is 18.6. The molecule has 0 aliphatic carbocycles. The van der Waals surface area contributed by atoms with Gasteiger partial charge in [-0.1, -0.05) is 0 Å². The van der Waals surface area contributed by atoms with Crippen LogP contribution >= 0.6 is 0 Å². The number of halogens is 2. The standard InChI is InChI=1S/C20H22F2N6O5S/c1-11-9-15(18(21)22)26-28(11)12(2)19(29)23-13-5-7-14(8-6-13)34(30,31)27-16-10-17(32-3)25-20(24-16)33-4/h5-10,12,18H,1-4H3,(H,23,29)(H,24,25,27). The zero-order valence-corrected chi connectivity index (χ0v) is 19.4. The van der Waals surface area contributed by atoms with Crippen LogP contribution in [0.5, 0.6) is 11.9 Å². The first-order chi connectivity index (χ1) is 16.0. The summed E-state index contributed by atoms with van der Waals surface area (Å²) >= 11 is 0. The minimum atomic E-state index is -4.03. The molecule has 1 aromatic carbocycles. The van der Waals surface area contributed by atoms with Gasteiger partial charge in [0.2, 0.25) is 11.8 Å². The number of hydrogen-bond donors (Lipinski definition) is 2. The van der Waals surface area contributed by atoms with Crippen LogP contribution in [-0.2, 0) is 14.8 Å². The van der Waals surface area contributed by atoms with Gasteiger partial charge in [0.15, 0.2) is 5.82 Å². The monoisotopic (exact) mass is 496 g/mol. The first-order valence-electron chi connectivity index (χ1n) is 9.79. The maximum absolute atomic E-state index is 12.9. The van der Waals surface area contributed by atoms with Crippen LogP contribution in [-0.4, -0.2) is 48.3 Å². The molecule has 1 unspecified atom stereocenters. The second-order valence-corrected chi connectivity index (χ2v) is 8.72. The summed E-state index contributed by atoms with van der Waals surface area (Å²) in [6.07, 6.45) is -2.75. The van der Waals surface area contributed by atoms with Crippen molar-refractivity contribution in [2.24, 2.45) is 0 Å². The minimum absolute atomic E-state index is 0.0623. The van der Waals surface area contributed by atoms with Crippen molar-refractivity contribution in [2.75, 3.05) is 24.3 Å². The summed E-state index contributed by atoms with van der Waals surface area (Å²) < 4.78 is 64.6. The van der Waals surface area contributed by atoms with E-state index in [4.69, 9.17) is 9.47 Å². The Morgan fingerprint density at radius 3 is 2.32 bits per heavy atom. The van der Waals surface area contributed by atoms with Crippen molar-refractivity contribution < 1.29 is 31.5 Å². The molecule has 182 valence electrons. The van der Waals surface area contributed by atoms with Crippen LogP contribution in [0.25, 0.3) is 0 Å². The van der Waals surface area contributed by atoms with E-state index in [1.807, 2.05) is 0 Å². The molecule has 2 N–H and O–H groups in total. The van der Waals surface area contributed by atoms with Crippen molar-refractivity contribution in [3.05, 3.63) is 47.8 Å². The van der Waals surface area contributed by atoms with Gasteiger partial charge in [-0.3, -0.25) is 14.2 Å². The van der Waals surface area contributed by atoms with Gasteiger partial charge in [0.25, 0.3) is 16.4 Å². The van der Waals surface area contributed by atoms with Crippen LogP contribution in [0.3, 0.4) is 0 Å². The van der Waals surface area contributed by atoms with E-state index in [-0.39, 0.29) is 22.6 Å². The number of hydrogen-bond acceptors (Lipinski definition) is 8. The van der Waals surface area contributed by atoms with Crippen LogP contribution in [0.15, 0.2) is 41.3 Å². The minimum Gasteiger partial charge on any atom is -0.481 e. The number of nitrogens with one attached hydrogen (secondary N) is 2. The molecule has 3 aromatic rings. The summed E-state index contributed by atoms with van der Waals surface area (Å²) in [7, 11) is -1.34. The Balaban J connectivity index is 1.72. The number of carbonyl (C=O) groups is 1. The number of methoxy groups -OCH3 is 2. The fourth-order valence-corrected chi connectivity index (χ4v) is 3.93. The quantitative estimate of drug-likeness (QED) is 0.461. The maximum atomic E-state index is 12.9. The van der Waals surface area contributed by atoms with Crippen molar-refractivity contribution in [3.63, 3.8) is 0 Å². The first kappa shape index (κ1) is 24.8. The SMILES string of the molecule is COc1cc(NS(=O)(=O)c2ccc(NC(=O)C(C)n3nc(C(F)F)cc3C)cc2)nc(OC)n1. The predicted octanol–water partition coefficient (Wildman–Crippen LogP) is 2.94. The van der Waals surface area contributed by atoms with E-state index in [1.54, 1.807) is 6.92 Å². The van der Waals surface area contributed by atoms with Gasteiger partial charge in [-0.05, 0) is 44.2 Å². The van der Waals surface area contributed by atoms with Crippen molar-refractivity contribution in [3.8, 4) is 11.9 Å². The third kappa shape index (κ3) is 5.57. The van der Waals surface area contributed by atoms with Crippen molar-refractivity contribution in [1.29, 1.82) is 0 Å². The van der Waals surface area contributed by atoms with Crippen LogP contribution < -0.4 is 19.5 Å².